The maximum Gasteiger partial charge on any atom is 0.160 e. The van der Waals surface area contributed by atoms with E-state index < -0.39 is 0 Å². The maximum absolute atomic E-state index is 9.89. The molecule has 1 aliphatic heterocycles. The van der Waals surface area contributed by atoms with Crippen LogP contribution in [-0.2, 0) is 6.54 Å². The Morgan fingerprint density at radius 2 is 2.20 bits per heavy atom. The fraction of sp³-hybridized carbons (Fsp3) is 0.625. The van der Waals surface area contributed by atoms with Gasteiger partial charge in [0.25, 0.3) is 0 Å². The van der Waals surface area contributed by atoms with Gasteiger partial charge in [-0.3, -0.25) is 4.90 Å². The van der Waals surface area contributed by atoms with E-state index in [9.17, 15) is 5.11 Å². The molecular weight excluding hydrogens is 252 g/mol. The van der Waals surface area contributed by atoms with Gasteiger partial charge in [0.05, 0.1) is 7.11 Å². The number of hydrogen-bond donors (Lipinski definition) is 2. The molecular formula is C16H24N2O2. The van der Waals surface area contributed by atoms with Crippen molar-refractivity contribution in [1.29, 1.82) is 0 Å². The zero-order valence-corrected chi connectivity index (χ0v) is 12.1. The summed E-state index contributed by atoms with van der Waals surface area (Å²) in [5.41, 5.74) is 1.16. The summed E-state index contributed by atoms with van der Waals surface area (Å²) < 4.78 is 5.10. The average Bonchev–Trinajstić information content (AvgIpc) is 3.17. The van der Waals surface area contributed by atoms with Crippen molar-refractivity contribution >= 4 is 0 Å². The molecule has 4 nitrogen and oxygen atoms in total. The summed E-state index contributed by atoms with van der Waals surface area (Å²) in [4.78, 5) is 2.56. The van der Waals surface area contributed by atoms with Crippen LogP contribution >= 0.6 is 0 Å². The Labute approximate surface area is 120 Å². The molecule has 0 radical (unpaired) electrons. The van der Waals surface area contributed by atoms with Gasteiger partial charge in [0.1, 0.15) is 0 Å². The zero-order valence-electron chi connectivity index (χ0n) is 12.1. The number of aromatic hydroxyl groups is 1. The molecule has 1 saturated heterocycles. The van der Waals surface area contributed by atoms with E-state index in [1.165, 1.54) is 25.7 Å². The summed E-state index contributed by atoms with van der Waals surface area (Å²) in [6, 6.07) is 7.11. The quantitative estimate of drug-likeness (QED) is 0.835. The molecule has 2 N–H and O–H groups in total. The first-order chi connectivity index (χ1) is 9.76. The Morgan fingerprint density at radius 1 is 1.35 bits per heavy atom. The summed E-state index contributed by atoms with van der Waals surface area (Å²) in [7, 11) is 1.58. The second-order valence-electron chi connectivity index (χ2n) is 5.96. The number of rotatable bonds is 6. The number of benzene rings is 1. The van der Waals surface area contributed by atoms with E-state index in [0.29, 0.717) is 11.8 Å². The predicted octanol–water partition coefficient (Wildman–Crippen LogP) is 2.12. The molecule has 110 valence electrons. The van der Waals surface area contributed by atoms with Crippen LogP contribution in [0.1, 0.15) is 31.2 Å². The molecule has 2 aliphatic rings. The van der Waals surface area contributed by atoms with Crippen LogP contribution in [0.15, 0.2) is 18.2 Å². The van der Waals surface area contributed by atoms with Crippen LogP contribution in [0.4, 0.5) is 0 Å². The molecule has 1 aliphatic carbocycles. The van der Waals surface area contributed by atoms with Crippen LogP contribution in [0.2, 0.25) is 0 Å². The third-order valence-electron chi connectivity index (χ3n) is 4.31. The van der Waals surface area contributed by atoms with Crippen molar-refractivity contribution in [3.05, 3.63) is 23.8 Å². The molecule has 4 heteroatoms. The first-order valence-corrected chi connectivity index (χ1v) is 7.59. The number of methoxy groups -OCH3 is 1. The minimum atomic E-state index is 0.236. The first kappa shape index (κ1) is 13.7. The summed E-state index contributed by atoms with van der Waals surface area (Å²) in [6.07, 6.45) is 5.22. The van der Waals surface area contributed by atoms with Crippen molar-refractivity contribution in [2.24, 2.45) is 0 Å². The highest BCUT2D eigenvalue weighted by molar-refractivity contribution is 5.41. The highest BCUT2D eigenvalue weighted by atomic mass is 16.5. The summed E-state index contributed by atoms with van der Waals surface area (Å²) in [5.74, 6) is 0.781. The lowest BCUT2D eigenvalue weighted by Gasteiger charge is -2.25. The zero-order chi connectivity index (χ0) is 13.9. The van der Waals surface area contributed by atoms with Crippen molar-refractivity contribution in [1.82, 2.24) is 10.2 Å². The van der Waals surface area contributed by atoms with E-state index in [-0.39, 0.29) is 5.75 Å². The number of nitrogens with one attached hydrogen (secondary N) is 1. The molecule has 1 unspecified atom stereocenters. The standard InChI is InChI=1S/C16H24N2O2/c1-20-16-7-4-12(9-15(16)19)10-18(14-5-6-14)11-13-3-2-8-17-13/h4,7,9,13-14,17,19H,2-3,5-6,8,10-11H2,1H3. The highest BCUT2D eigenvalue weighted by Gasteiger charge is 2.31. The van der Waals surface area contributed by atoms with Crippen LogP contribution in [0.3, 0.4) is 0 Å². The summed E-state index contributed by atoms with van der Waals surface area (Å²) >= 11 is 0. The fourth-order valence-electron chi connectivity index (χ4n) is 3.05. The third kappa shape index (κ3) is 3.25. The lowest BCUT2D eigenvalue weighted by molar-refractivity contribution is 0.231. The number of phenolic OH excluding ortho intramolecular Hbond substituents is 1. The Morgan fingerprint density at radius 3 is 2.80 bits per heavy atom. The number of ether oxygens (including phenoxy) is 1. The Hall–Kier alpha value is -1.26. The lowest BCUT2D eigenvalue weighted by atomic mass is 10.1. The molecule has 1 heterocycles. The van der Waals surface area contributed by atoms with Crippen molar-refractivity contribution in [2.45, 2.75) is 44.3 Å². The van der Waals surface area contributed by atoms with Gasteiger partial charge in [0.2, 0.25) is 0 Å². The molecule has 0 amide bonds. The minimum Gasteiger partial charge on any atom is -0.504 e. The van der Waals surface area contributed by atoms with Crippen molar-refractivity contribution in [3.8, 4) is 11.5 Å². The van der Waals surface area contributed by atoms with E-state index in [4.69, 9.17) is 4.74 Å². The Kier molecular flexibility index (Phi) is 4.13. The summed E-state index contributed by atoms with van der Waals surface area (Å²) in [5, 5.41) is 13.5. The van der Waals surface area contributed by atoms with E-state index in [2.05, 4.69) is 16.3 Å². The Bertz CT molecular complexity index is 454. The molecule has 1 aromatic rings. The van der Waals surface area contributed by atoms with E-state index in [1.807, 2.05) is 12.1 Å². The number of hydrogen-bond acceptors (Lipinski definition) is 4. The largest absolute Gasteiger partial charge is 0.504 e. The lowest BCUT2D eigenvalue weighted by Crippen LogP contribution is -2.38. The van der Waals surface area contributed by atoms with Gasteiger partial charge in [-0.15, -0.1) is 0 Å². The molecule has 1 atom stereocenters. The monoisotopic (exact) mass is 276 g/mol. The van der Waals surface area contributed by atoms with Crippen LogP contribution in [-0.4, -0.2) is 42.3 Å². The molecule has 0 bridgehead atoms. The van der Waals surface area contributed by atoms with E-state index in [1.54, 1.807) is 7.11 Å². The molecule has 2 fully saturated rings. The van der Waals surface area contributed by atoms with Gasteiger partial charge in [-0.2, -0.15) is 0 Å². The first-order valence-electron chi connectivity index (χ1n) is 7.59. The average molecular weight is 276 g/mol. The van der Waals surface area contributed by atoms with E-state index >= 15 is 0 Å². The maximum atomic E-state index is 9.89. The topological polar surface area (TPSA) is 44.7 Å². The Balaban J connectivity index is 1.64. The number of nitrogens with zero attached hydrogens (tertiary/aromatic N) is 1. The van der Waals surface area contributed by atoms with Crippen LogP contribution in [0.25, 0.3) is 0 Å². The SMILES string of the molecule is COc1ccc(CN(CC2CCCN2)C2CC2)cc1O. The van der Waals surface area contributed by atoms with Crippen molar-refractivity contribution < 1.29 is 9.84 Å². The van der Waals surface area contributed by atoms with Crippen LogP contribution in [0, 0.1) is 0 Å². The third-order valence-corrected chi connectivity index (χ3v) is 4.31. The number of phenols is 1. The van der Waals surface area contributed by atoms with Crippen molar-refractivity contribution in [3.63, 3.8) is 0 Å². The molecule has 20 heavy (non-hydrogen) atoms. The molecule has 1 saturated carbocycles. The van der Waals surface area contributed by atoms with Gasteiger partial charge in [-0.25, -0.2) is 0 Å². The van der Waals surface area contributed by atoms with Gasteiger partial charge in [-0.1, -0.05) is 6.07 Å². The van der Waals surface area contributed by atoms with Gasteiger partial charge in [0, 0.05) is 25.2 Å². The minimum absolute atomic E-state index is 0.236. The second-order valence-corrected chi connectivity index (χ2v) is 5.96. The molecule has 3 rings (SSSR count). The molecule has 0 aromatic heterocycles. The van der Waals surface area contributed by atoms with Gasteiger partial charge < -0.3 is 15.2 Å². The smallest absolute Gasteiger partial charge is 0.160 e. The van der Waals surface area contributed by atoms with Crippen LogP contribution in [0.5, 0.6) is 11.5 Å². The van der Waals surface area contributed by atoms with Crippen LogP contribution < -0.4 is 10.1 Å². The normalized spacial score (nSPS) is 22.4. The van der Waals surface area contributed by atoms with Gasteiger partial charge in [-0.05, 0) is 49.9 Å². The fourth-order valence-corrected chi connectivity index (χ4v) is 3.05. The molecule has 0 spiro atoms. The second kappa shape index (κ2) is 6.02. The van der Waals surface area contributed by atoms with Gasteiger partial charge in [0.15, 0.2) is 11.5 Å². The molecule has 1 aromatic carbocycles. The summed E-state index contributed by atoms with van der Waals surface area (Å²) in [6.45, 7) is 3.20. The van der Waals surface area contributed by atoms with E-state index in [0.717, 1.165) is 31.2 Å². The van der Waals surface area contributed by atoms with Crippen molar-refractivity contribution in [2.75, 3.05) is 20.2 Å². The highest BCUT2D eigenvalue weighted by Crippen LogP contribution is 2.31. The predicted molar refractivity (Wildman–Crippen MR) is 79.1 cm³/mol. The van der Waals surface area contributed by atoms with Gasteiger partial charge >= 0.3 is 0 Å².